The van der Waals surface area contributed by atoms with Crippen LogP contribution >= 0.6 is 31.3 Å². The first-order valence-electron chi connectivity index (χ1n) is 15.2. The summed E-state index contributed by atoms with van der Waals surface area (Å²) in [6, 6.07) is 0. The molecule has 0 saturated heterocycles. The Kier molecular flexibility index (Phi) is 22.9. The van der Waals surface area contributed by atoms with Gasteiger partial charge in [0.15, 0.2) is 0 Å². The van der Waals surface area contributed by atoms with Crippen LogP contribution in [0.25, 0.3) is 0 Å². The number of aliphatic hydroxyl groups is 2. The fourth-order valence-corrected chi connectivity index (χ4v) is 9.03. The summed E-state index contributed by atoms with van der Waals surface area (Å²) in [5.74, 6) is 0. The topological polar surface area (TPSA) is 219 Å². The molecule has 0 aromatic heterocycles. The van der Waals surface area contributed by atoms with Crippen molar-refractivity contribution in [2.45, 2.75) is 36.6 Å². The van der Waals surface area contributed by atoms with E-state index in [1.54, 1.807) is 0 Å². The van der Waals surface area contributed by atoms with Crippen LogP contribution < -0.4 is 0 Å². The van der Waals surface area contributed by atoms with Gasteiger partial charge in [-0.3, -0.25) is 54.3 Å². The van der Waals surface area contributed by atoms with E-state index in [2.05, 4.69) is 52.6 Å². The van der Waals surface area contributed by atoms with Crippen molar-refractivity contribution in [2.75, 3.05) is 52.9 Å². The Morgan fingerprint density at radius 2 is 0.500 bits per heavy atom. The molecular formula is C30H48O18P4. The van der Waals surface area contributed by atoms with Gasteiger partial charge in [-0.25, -0.2) is 18.3 Å². The first-order valence-corrected chi connectivity index (χ1v) is 21.1. The minimum absolute atomic E-state index is 0.426. The molecule has 0 spiro atoms. The molecule has 0 aromatic carbocycles. The number of phosphoric ester groups is 4. The summed E-state index contributed by atoms with van der Waals surface area (Å²) in [6.07, 6.45) is -3.92. The lowest BCUT2D eigenvalue weighted by Gasteiger charge is -2.47. The maximum Gasteiger partial charge on any atom is 0.475 e. The molecule has 1 saturated carbocycles. The maximum atomic E-state index is 14.1. The van der Waals surface area contributed by atoms with Gasteiger partial charge in [0.1, 0.15) is 36.6 Å². The number of aliphatic hydroxyl groups excluding tert-OH is 2. The Balaban J connectivity index is 4.18. The molecule has 0 amide bonds. The monoisotopic (exact) mass is 820 g/mol. The van der Waals surface area contributed by atoms with Crippen molar-refractivity contribution in [1.82, 2.24) is 0 Å². The van der Waals surface area contributed by atoms with Gasteiger partial charge in [0.2, 0.25) is 0 Å². The van der Waals surface area contributed by atoms with Crippen molar-refractivity contribution in [1.29, 1.82) is 0 Å². The molecule has 0 bridgehead atoms. The Morgan fingerprint density at radius 3 is 0.654 bits per heavy atom. The normalized spacial score (nSPS) is 22.6. The molecule has 0 heterocycles. The van der Waals surface area contributed by atoms with Gasteiger partial charge in [-0.15, -0.1) is 52.6 Å². The van der Waals surface area contributed by atoms with Gasteiger partial charge in [0, 0.05) is 0 Å². The summed E-state index contributed by atoms with van der Waals surface area (Å²) in [7, 11) is -19.4. The van der Waals surface area contributed by atoms with Crippen LogP contribution in [0.4, 0.5) is 0 Å². The van der Waals surface area contributed by atoms with Gasteiger partial charge < -0.3 is 10.2 Å². The number of hydrogen-bond acceptors (Lipinski definition) is 18. The fourth-order valence-electron chi connectivity index (χ4n) is 3.78. The van der Waals surface area contributed by atoms with Gasteiger partial charge >= 0.3 is 31.3 Å². The third kappa shape index (κ3) is 15.9. The first-order chi connectivity index (χ1) is 24.7. The molecule has 0 aromatic rings. The number of rotatable bonds is 32. The van der Waals surface area contributed by atoms with E-state index in [0.717, 1.165) is 0 Å². The molecule has 1 fully saturated rings. The van der Waals surface area contributed by atoms with Crippen LogP contribution in [-0.4, -0.2) is 99.7 Å². The molecule has 1 aliphatic carbocycles. The van der Waals surface area contributed by atoms with Gasteiger partial charge in [0.05, 0.1) is 52.9 Å². The fraction of sp³-hybridized carbons (Fsp3) is 0.467. The zero-order chi connectivity index (χ0) is 39.3. The third-order valence-electron chi connectivity index (χ3n) is 5.80. The van der Waals surface area contributed by atoms with Crippen molar-refractivity contribution in [2.24, 2.45) is 0 Å². The molecule has 52 heavy (non-hydrogen) atoms. The first kappa shape index (κ1) is 48.3. The predicted octanol–water partition coefficient (Wildman–Crippen LogP) is 6.32. The summed E-state index contributed by atoms with van der Waals surface area (Å²) in [4.78, 5) is 0. The van der Waals surface area contributed by atoms with Crippen molar-refractivity contribution in [3.8, 4) is 0 Å². The van der Waals surface area contributed by atoms with Gasteiger partial charge in [-0.05, 0) is 0 Å². The molecule has 0 aliphatic heterocycles. The lowest BCUT2D eigenvalue weighted by Crippen LogP contribution is -2.65. The van der Waals surface area contributed by atoms with E-state index in [1.807, 2.05) is 0 Å². The molecule has 22 heteroatoms. The second-order valence-electron chi connectivity index (χ2n) is 9.73. The second kappa shape index (κ2) is 24.6. The zero-order valence-corrected chi connectivity index (χ0v) is 32.2. The minimum Gasteiger partial charge on any atom is -0.387 e. The van der Waals surface area contributed by atoms with Gasteiger partial charge in [0.25, 0.3) is 0 Å². The van der Waals surface area contributed by atoms with E-state index in [1.165, 1.54) is 48.6 Å². The van der Waals surface area contributed by atoms with Crippen molar-refractivity contribution in [3.63, 3.8) is 0 Å². The van der Waals surface area contributed by atoms with E-state index in [9.17, 15) is 28.5 Å². The van der Waals surface area contributed by atoms with Crippen LogP contribution in [0.3, 0.4) is 0 Å². The van der Waals surface area contributed by atoms with E-state index >= 15 is 0 Å². The molecule has 18 nitrogen and oxygen atoms in total. The lowest BCUT2D eigenvalue weighted by molar-refractivity contribution is -0.212. The van der Waals surface area contributed by atoms with E-state index in [4.69, 9.17) is 54.3 Å². The molecule has 1 rings (SSSR count). The summed E-state index contributed by atoms with van der Waals surface area (Å²) in [5.41, 5.74) is 0. The molecule has 1 aliphatic rings. The highest BCUT2D eigenvalue weighted by Crippen LogP contribution is 2.61. The molecule has 0 unspecified atom stereocenters. The number of hydrogen-bond donors (Lipinski definition) is 2. The van der Waals surface area contributed by atoms with Gasteiger partial charge in [-0.2, -0.15) is 0 Å². The highest BCUT2D eigenvalue weighted by atomic mass is 31.2. The van der Waals surface area contributed by atoms with Crippen molar-refractivity contribution < 1.29 is 82.8 Å². The smallest absolute Gasteiger partial charge is 0.387 e. The lowest BCUT2D eigenvalue weighted by atomic mass is 9.85. The van der Waals surface area contributed by atoms with Gasteiger partial charge in [-0.1, -0.05) is 48.6 Å². The molecule has 296 valence electrons. The molecule has 0 radical (unpaired) electrons. The highest BCUT2D eigenvalue weighted by Gasteiger charge is 2.60. The number of phosphoric acid groups is 4. The van der Waals surface area contributed by atoms with Crippen molar-refractivity contribution >= 4 is 31.3 Å². The SMILES string of the molecule is C=CCOP(=O)(OCC=C)O[C@H]1[C@H](OP(=O)(OCC=C)OCC=C)[C@@H](OP(=O)(OCC=C)OCC=C)[C@@H](O)[C@@H](O)[C@@H]1OP(=O)(OCC=C)OCC=C. The largest absolute Gasteiger partial charge is 0.475 e. The third-order valence-corrected chi connectivity index (χ3v) is 11.5. The molecular weight excluding hydrogens is 772 g/mol. The van der Waals surface area contributed by atoms with E-state index in [-0.39, 0.29) is 0 Å². The van der Waals surface area contributed by atoms with E-state index in [0.29, 0.717) is 0 Å². The summed E-state index contributed by atoms with van der Waals surface area (Å²) in [6.45, 7) is 24.4. The maximum absolute atomic E-state index is 14.1. The minimum atomic E-state index is -4.89. The Bertz CT molecular complexity index is 1220. The molecule has 6 atom stereocenters. The van der Waals surface area contributed by atoms with Crippen molar-refractivity contribution in [3.05, 3.63) is 101 Å². The average Bonchev–Trinajstić information content (AvgIpc) is 3.13. The van der Waals surface area contributed by atoms with Crippen LogP contribution in [0.5, 0.6) is 0 Å². The predicted molar refractivity (Wildman–Crippen MR) is 191 cm³/mol. The highest BCUT2D eigenvalue weighted by molar-refractivity contribution is 7.49. The van der Waals surface area contributed by atoms with Crippen LogP contribution in [0.15, 0.2) is 101 Å². The Hall–Kier alpha value is -1.72. The van der Waals surface area contributed by atoms with E-state index < -0.39 is 121 Å². The van der Waals surface area contributed by atoms with Crippen LogP contribution in [0.1, 0.15) is 0 Å². The molecule has 2 N–H and O–H groups in total. The average molecular weight is 821 g/mol. The quantitative estimate of drug-likeness (QED) is 0.0560. The zero-order valence-electron chi connectivity index (χ0n) is 28.6. The summed E-state index contributed by atoms with van der Waals surface area (Å²) in [5, 5.41) is 23.1. The summed E-state index contributed by atoms with van der Waals surface area (Å²) >= 11 is 0. The van der Waals surface area contributed by atoms with Crippen LogP contribution in [0, 0.1) is 0 Å². The standard InChI is InChI=1S/C30H48O18P4/c1-9-17-37-49(33,38-18-10-2)45-27-25(31)26(32)28(46-50(34,39-19-11-3)40-20-12-4)30(48-52(36,43-23-15-7)44-24-16-8)29(27)47-51(35,41-21-13-5)42-22-14-6/h9-16,25-32H,1-8,17-24H2/t25-,26+,27-,28-,29+,30+/m0/s1. The summed E-state index contributed by atoms with van der Waals surface area (Å²) < 4.78 is 121. The van der Waals surface area contributed by atoms with Crippen LogP contribution in [0.2, 0.25) is 0 Å². The second-order valence-corrected chi connectivity index (χ2v) is 16.2. The van der Waals surface area contributed by atoms with Crippen LogP contribution in [-0.2, 0) is 72.5 Å². The Morgan fingerprint density at radius 1 is 0.346 bits per heavy atom. The Labute approximate surface area is 304 Å².